The first kappa shape index (κ1) is 15.8. The minimum atomic E-state index is 0.742. The van der Waals surface area contributed by atoms with Gasteiger partial charge in [-0.05, 0) is 55.2 Å². The molecule has 0 aliphatic heterocycles. The van der Waals surface area contributed by atoms with Crippen molar-refractivity contribution in [1.29, 1.82) is 5.26 Å². The molecule has 0 heterocycles. The highest BCUT2D eigenvalue weighted by Crippen LogP contribution is 2.33. The maximum Gasteiger partial charge on any atom is 0.0991 e. The molecular weight excluding hydrogens is 254 g/mol. The Morgan fingerprint density at radius 1 is 1.05 bits per heavy atom. The van der Waals surface area contributed by atoms with Crippen LogP contribution in [-0.2, 0) is 6.42 Å². The lowest BCUT2D eigenvalue weighted by atomic mass is 9.79. The van der Waals surface area contributed by atoms with Crippen molar-refractivity contribution in [3.8, 4) is 6.07 Å². The third-order valence-electron chi connectivity index (χ3n) is 4.74. The third-order valence-corrected chi connectivity index (χ3v) is 4.74. The van der Waals surface area contributed by atoms with Crippen LogP contribution < -0.4 is 0 Å². The molecule has 0 spiro atoms. The first-order chi connectivity index (χ1) is 10.3. The van der Waals surface area contributed by atoms with Gasteiger partial charge in [0.05, 0.1) is 11.6 Å². The van der Waals surface area contributed by atoms with Crippen LogP contribution >= 0.6 is 0 Å². The SMILES string of the molecule is CCCC1CCC(C/C=C\Cc2ccc(C#N)cc2)CC1. The molecule has 0 unspecified atom stereocenters. The number of hydrogen-bond donors (Lipinski definition) is 0. The fraction of sp³-hybridized carbons (Fsp3) is 0.550. The van der Waals surface area contributed by atoms with E-state index in [0.29, 0.717) is 0 Å². The van der Waals surface area contributed by atoms with Crippen molar-refractivity contribution in [2.24, 2.45) is 11.8 Å². The molecule has 0 atom stereocenters. The molecule has 1 saturated carbocycles. The largest absolute Gasteiger partial charge is 0.192 e. The summed E-state index contributed by atoms with van der Waals surface area (Å²) in [6.07, 6.45) is 15.4. The summed E-state index contributed by atoms with van der Waals surface area (Å²) in [5.74, 6) is 1.92. The summed E-state index contributed by atoms with van der Waals surface area (Å²) in [4.78, 5) is 0. The highest BCUT2D eigenvalue weighted by Gasteiger charge is 2.19. The van der Waals surface area contributed by atoms with Crippen LogP contribution in [0.3, 0.4) is 0 Å². The highest BCUT2D eigenvalue weighted by molar-refractivity contribution is 5.32. The number of nitriles is 1. The average Bonchev–Trinajstić information content (AvgIpc) is 2.54. The van der Waals surface area contributed by atoms with Gasteiger partial charge < -0.3 is 0 Å². The predicted octanol–water partition coefficient (Wildman–Crippen LogP) is 5.65. The van der Waals surface area contributed by atoms with Gasteiger partial charge in [-0.25, -0.2) is 0 Å². The molecule has 1 heteroatoms. The van der Waals surface area contributed by atoms with E-state index in [2.05, 4.69) is 37.3 Å². The quantitative estimate of drug-likeness (QED) is 0.618. The molecule has 1 aromatic carbocycles. The fourth-order valence-corrected chi connectivity index (χ4v) is 3.39. The second kappa shape index (κ2) is 8.67. The van der Waals surface area contributed by atoms with E-state index in [1.165, 1.54) is 50.5 Å². The van der Waals surface area contributed by atoms with Gasteiger partial charge in [-0.2, -0.15) is 5.26 Å². The second-order valence-corrected chi connectivity index (χ2v) is 6.40. The summed E-state index contributed by atoms with van der Waals surface area (Å²) in [5.41, 5.74) is 2.03. The smallest absolute Gasteiger partial charge is 0.0991 e. The van der Waals surface area contributed by atoms with E-state index < -0.39 is 0 Å². The van der Waals surface area contributed by atoms with Crippen molar-refractivity contribution < 1.29 is 0 Å². The summed E-state index contributed by atoms with van der Waals surface area (Å²) in [7, 11) is 0. The van der Waals surface area contributed by atoms with Gasteiger partial charge in [-0.15, -0.1) is 0 Å². The Kier molecular flexibility index (Phi) is 6.54. The summed E-state index contributed by atoms with van der Waals surface area (Å²) < 4.78 is 0. The van der Waals surface area contributed by atoms with Crippen molar-refractivity contribution in [3.05, 3.63) is 47.5 Å². The van der Waals surface area contributed by atoms with Crippen molar-refractivity contribution >= 4 is 0 Å². The van der Waals surface area contributed by atoms with Crippen LogP contribution in [0.5, 0.6) is 0 Å². The predicted molar refractivity (Wildman–Crippen MR) is 89.0 cm³/mol. The number of rotatable bonds is 6. The standard InChI is InChI=1S/C20H27N/c1-2-5-17-8-10-18(11-9-17)6-3-4-7-19-12-14-20(16-21)15-13-19/h3-4,12-15,17-18H,2,5-11H2,1H3/b4-3-. The molecule has 1 aromatic rings. The topological polar surface area (TPSA) is 23.8 Å². The van der Waals surface area contributed by atoms with Gasteiger partial charge >= 0.3 is 0 Å². The van der Waals surface area contributed by atoms with Crippen LogP contribution in [0.2, 0.25) is 0 Å². The zero-order chi connectivity index (χ0) is 14.9. The number of allylic oxidation sites excluding steroid dienone is 2. The van der Waals surface area contributed by atoms with Gasteiger partial charge in [0.2, 0.25) is 0 Å². The molecule has 1 fully saturated rings. The molecule has 2 rings (SSSR count). The number of benzene rings is 1. The third kappa shape index (κ3) is 5.38. The van der Waals surface area contributed by atoms with Crippen LogP contribution in [-0.4, -0.2) is 0 Å². The first-order valence-corrected chi connectivity index (χ1v) is 8.45. The van der Waals surface area contributed by atoms with E-state index in [1.54, 1.807) is 0 Å². The van der Waals surface area contributed by atoms with E-state index in [9.17, 15) is 0 Å². The Balaban J connectivity index is 1.67. The van der Waals surface area contributed by atoms with Gasteiger partial charge in [0, 0.05) is 0 Å². The zero-order valence-electron chi connectivity index (χ0n) is 13.2. The van der Waals surface area contributed by atoms with E-state index in [1.807, 2.05) is 12.1 Å². The van der Waals surface area contributed by atoms with Gasteiger partial charge in [-0.1, -0.05) is 56.9 Å². The summed E-state index contributed by atoms with van der Waals surface area (Å²) in [5, 5.41) is 8.78. The summed E-state index contributed by atoms with van der Waals surface area (Å²) in [6.45, 7) is 2.30. The van der Waals surface area contributed by atoms with Gasteiger partial charge in [0.1, 0.15) is 0 Å². The molecule has 21 heavy (non-hydrogen) atoms. The molecule has 0 amide bonds. The minimum absolute atomic E-state index is 0.742. The Morgan fingerprint density at radius 2 is 1.71 bits per heavy atom. The van der Waals surface area contributed by atoms with Crippen molar-refractivity contribution in [2.45, 2.75) is 58.3 Å². The van der Waals surface area contributed by atoms with Crippen LogP contribution in [0, 0.1) is 23.2 Å². The molecule has 0 bridgehead atoms. The lowest BCUT2D eigenvalue weighted by Crippen LogP contribution is -2.13. The first-order valence-electron chi connectivity index (χ1n) is 8.45. The van der Waals surface area contributed by atoms with Crippen molar-refractivity contribution in [3.63, 3.8) is 0 Å². The van der Waals surface area contributed by atoms with E-state index in [-0.39, 0.29) is 0 Å². The van der Waals surface area contributed by atoms with E-state index in [0.717, 1.165) is 23.8 Å². The lowest BCUT2D eigenvalue weighted by Gasteiger charge is -2.27. The number of nitrogens with zero attached hydrogens (tertiary/aromatic N) is 1. The Morgan fingerprint density at radius 3 is 2.33 bits per heavy atom. The fourth-order valence-electron chi connectivity index (χ4n) is 3.39. The summed E-state index contributed by atoms with van der Waals surface area (Å²) >= 11 is 0. The molecule has 1 nitrogen and oxygen atoms in total. The lowest BCUT2D eigenvalue weighted by molar-refractivity contribution is 0.263. The Labute approximate surface area is 129 Å². The molecule has 0 saturated heterocycles. The van der Waals surface area contributed by atoms with Gasteiger partial charge in [-0.3, -0.25) is 0 Å². The second-order valence-electron chi connectivity index (χ2n) is 6.40. The molecule has 0 radical (unpaired) electrons. The van der Waals surface area contributed by atoms with Gasteiger partial charge in [0.15, 0.2) is 0 Å². The average molecular weight is 281 g/mol. The monoisotopic (exact) mass is 281 g/mol. The van der Waals surface area contributed by atoms with Crippen LogP contribution in [0.25, 0.3) is 0 Å². The van der Waals surface area contributed by atoms with Gasteiger partial charge in [0.25, 0.3) is 0 Å². The van der Waals surface area contributed by atoms with Crippen molar-refractivity contribution in [2.75, 3.05) is 0 Å². The highest BCUT2D eigenvalue weighted by atomic mass is 14.2. The van der Waals surface area contributed by atoms with Crippen molar-refractivity contribution in [1.82, 2.24) is 0 Å². The maximum absolute atomic E-state index is 8.78. The van der Waals surface area contributed by atoms with Crippen LogP contribution in [0.15, 0.2) is 36.4 Å². The number of hydrogen-bond acceptors (Lipinski definition) is 1. The molecular formula is C20H27N. The maximum atomic E-state index is 8.78. The molecule has 0 aromatic heterocycles. The molecule has 112 valence electrons. The zero-order valence-corrected chi connectivity index (χ0v) is 13.2. The Bertz CT molecular complexity index is 470. The molecule has 1 aliphatic rings. The Hall–Kier alpha value is -1.55. The van der Waals surface area contributed by atoms with E-state index in [4.69, 9.17) is 5.26 Å². The van der Waals surface area contributed by atoms with Crippen LogP contribution in [0.1, 0.15) is 63.0 Å². The van der Waals surface area contributed by atoms with E-state index >= 15 is 0 Å². The normalized spacial score (nSPS) is 22.3. The summed E-state index contributed by atoms with van der Waals surface area (Å²) in [6, 6.07) is 10.1. The van der Waals surface area contributed by atoms with Crippen LogP contribution in [0.4, 0.5) is 0 Å². The molecule has 0 N–H and O–H groups in total. The minimum Gasteiger partial charge on any atom is -0.192 e. The molecule has 1 aliphatic carbocycles.